The molecule has 204 valence electrons. The molecular formula is C36H38N2OS. The first-order valence-corrected chi connectivity index (χ1v) is 14.9. The Labute approximate surface area is 243 Å². The standard InChI is InChI=1S/C30H32N2O.C4H4S.C2H2/c33-29(31-23-24-8-6-12-27(22-24)25-9-2-1-3-10-25)14-7-19-32-20-17-30(18-21-32)16-15-26-11-4-5-13-28(26)30;1-2-4-5-3-1;1-2/h1-6,8-13,15-16,22H,7,14,17-21,23H2,(H,31,33);1-4H;1-2H. The summed E-state index contributed by atoms with van der Waals surface area (Å²) in [4.78, 5) is 14.9. The van der Waals surface area contributed by atoms with Gasteiger partial charge in [0.15, 0.2) is 0 Å². The third-order valence-electron chi connectivity index (χ3n) is 7.65. The van der Waals surface area contributed by atoms with E-state index in [-0.39, 0.29) is 11.3 Å². The quantitative estimate of drug-likeness (QED) is 0.240. The molecule has 3 nitrogen and oxygen atoms in total. The van der Waals surface area contributed by atoms with Crippen molar-refractivity contribution in [1.82, 2.24) is 10.2 Å². The first kappa shape index (κ1) is 29.1. The summed E-state index contributed by atoms with van der Waals surface area (Å²) in [7, 11) is 0. The number of rotatable bonds is 7. The molecule has 1 amide bonds. The average molecular weight is 547 g/mol. The maximum atomic E-state index is 12.4. The minimum absolute atomic E-state index is 0.140. The molecular weight excluding hydrogens is 508 g/mol. The van der Waals surface area contributed by atoms with Crippen molar-refractivity contribution < 1.29 is 4.79 Å². The minimum atomic E-state index is 0.140. The summed E-state index contributed by atoms with van der Waals surface area (Å²) in [5, 5.41) is 7.18. The predicted octanol–water partition coefficient (Wildman–Crippen LogP) is 7.81. The SMILES string of the molecule is C#C.O=C(CCCN1CCC2(C=Cc3ccccc32)CC1)NCc1cccc(-c2ccccc2)c1.c1ccsc1. The number of terminal acetylenes is 1. The van der Waals surface area contributed by atoms with Crippen LogP contribution in [-0.2, 0) is 16.8 Å². The fraction of sp³-hybridized carbons (Fsp3) is 0.250. The molecule has 1 aliphatic heterocycles. The Morgan fingerprint density at radius 3 is 2.27 bits per heavy atom. The van der Waals surface area contributed by atoms with Crippen LogP contribution in [0.2, 0.25) is 0 Å². The van der Waals surface area contributed by atoms with Crippen molar-refractivity contribution in [2.24, 2.45) is 0 Å². The Balaban J connectivity index is 0.000000469. The van der Waals surface area contributed by atoms with Crippen molar-refractivity contribution in [3.63, 3.8) is 0 Å². The van der Waals surface area contributed by atoms with Gasteiger partial charge in [-0.2, -0.15) is 11.3 Å². The first-order chi connectivity index (χ1) is 19.7. The second-order valence-corrected chi connectivity index (χ2v) is 11.0. The van der Waals surface area contributed by atoms with E-state index in [1.165, 1.54) is 35.1 Å². The number of benzene rings is 3. The minimum Gasteiger partial charge on any atom is -0.352 e. The van der Waals surface area contributed by atoms with Crippen molar-refractivity contribution in [2.75, 3.05) is 19.6 Å². The van der Waals surface area contributed by atoms with Gasteiger partial charge in [0.05, 0.1) is 0 Å². The summed E-state index contributed by atoms with van der Waals surface area (Å²) in [6.45, 7) is 3.79. The van der Waals surface area contributed by atoms with Crippen LogP contribution in [0.5, 0.6) is 0 Å². The highest BCUT2D eigenvalue weighted by molar-refractivity contribution is 7.07. The molecule has 0 radical (unpaired) electrons. The molecule has 1 saturated heterocycles. The highest BCUT2D eigenvalue weighted by Crippen LogP contribution is 2.43. The molecule has 4 heteroatoms. The molecule has 1 aromatic heterocycles. The number of carbonyl (C=O) groups is 1. The van der Waals surface area contributed by atoms with E-state index in [4.69, 9.17) is 0 Å². The Morgan fingerprint density at radius 2 is 1.55 bits per heavy atom. The molecule has 0 unspecified atom stereocenters. The van der Waals surface area contributed by atoms with Gasteiger partial charge in [-0.3, -0.25) is 4.79 Å². The fourth-order valence-corrected chi connectivity index (χ4v) is 5.97. The van der Waals surface area contributed by atoms with E-state index in [0.29, 0.717) is 13.0 Å². The maximum absolute atomic E-state index is 12.4. The largest absolute Gasteiger partial charge is 0.352 e. The molecule has 0 saturated carbocycles. The van der Waals surface area contributed by atoms with E-state index >= 15 is 0 Å². The van der Waals surface area contributed by atoms with E-state index in [9.17, 15) is 4.79 Å². The van der Waals surface area contributed by atoms with E-state index in [2.05, 4.69) is 108 Å². The lowest BCUT2D eigenvalue weighted by Gasteiger charge is -2.39. The molecule has 2 heterocycles. The molecule has 6 rings (SSSR count). The van der Waals surface area contributed by atoms with Crippen LogP contribution in [0.25, 0.3) is 17.2 Å². The van der Waals surface area contributed by atoms with Crippen molar-refractivity contribution >= 4 is 23.3 Å². The molecule has 40 heavy (non-hydrogen) atoms. The van der Waals surface area contributed by atoms with Gasteiger partial charge in [-0.25, -0.2) is 0 Å². The van der Waals surface area contributed by atoms with Crippen LogP contribution in [0.15, 0.2) is 108 Å². The molecule has 1 spiro atoms. The molecule has 3 aromatic carbocycles. The van der Waals surface area contributed by atoms with Crippen molar-refractivity contribution in [3.8, 4) is 24.0 Å². The van der Waals surface area contributed by atoms with Crippen molar-refractivity contribution in [1.29, 1.82) is 0 Å². The third kappa shape index (κ3) is 7.82. The van der Waals surface area contributed by atoms with Crippen LogP contribution < -0.4 is 5.32 Å². The lowest BCUT2D eigenvalue weighted by atomic mass is 9.74. The average Bonchev–Trinajstić information content (AvgIpc) is 3.72. The van der Waals surface area contributed by atoms with Gasteiger partial charge in [0.1, 0.15) is 0 Å². The van der Waals surface area contributed by atoms with Crippen LogP contribution >= 0.6 is 11.3 Å². The van der Waals surface area contributed by atoms with Crippen LogP contribution in [0.4, 0.5) is 0 Å². The second kappa shape index (κ2) is 15.0. The van der Waals surface area contributed by atoms with Gasteiger partial charge in [-0.15, -0.1) is 12.8 Å². The molecule has 0 atom stereocenters. The van der Waals surface area contributed by atoms with Crippen LogP contribution in [0.3, 0.4) is 0 Å². The fourth-order valence-electron chi connectivity index (χ4n) is 5.52. The number of fused-ring (bicyclic) bond motifs is 2. The number of nitrogens with one attached hydrogen (secondary N) is 1. The van der Waals surface area contributed by atoms with Crippen LogP contribution in [0, 0.1) is 12.8 Å². The summed E-state index contributed by atoms with van der Waals surface area (Å²) in [6.07, 6.45) is 16.6. The smallest absolute Gasteiger partial charge is 0.220 e. The lowest BCUT2D eigenvalue weighted by Crippen LogP contribution is -2.41. The Morgan fingerprint density at radius 1 is 0.850 bits per heavy atom. The monoisotopic (exact) mass is 546 g/mol. The number of thiophene rings is 1. The second-order valence-electron chi connectivity index (χ2n) is 10.2. The highest BCUT2D eigenvalue weighted by Gasteiger charge is 2.37. The zero-order valence-corrected chi connectivity index (χ0v) is 23.9. The molecule has 2 aliphatic rings. The van der Waals surface area contributed by atoms with E-state index in [1.807, 2.05) is 29.0 Å². The summed E-state index contributed by atoms with van der Waals surface area (Å²) in [5.41, 5.74) is 6.64. The Kier molecular flexibility index (Phi) is 10.9. The molecule has 0 bridgehead atoms. The van der Waals surface area contributed by atoms with Gasteiger partial charge in [0, 0.05) is 18.4 Å². The van der Waals surface area contributed by atoms with Crippen LogP contribution in [0.1, 0.15) is 42.4 Å². The predicted molar refractivity (Wildman–Crippen MR) is 170 cm³/mol. The van der Waals surface area contributed by atoms with Gasteiger partial charge in [-0.1, -0.05) is 97.1 Å². The number of carbonyl (C=O) groups excluding carboxylic acids is 1. The Bertz CT molecular complexity index is 1350. The highest BCUT2D eigenvalue weighted by atomic mass is 32.1. The molecule has 4 aromatic rings. The Hall–Kier alpha value is -3.91. The number of allylic oxidation sites excluding steroid dienone is 1. The third-order valence-corrected chi connectivity index (χ3v) is 8.28. The number of hydrogen-bond donors (Lipinski definition) is 1. The van der Waals surface area contributed by atoms with Gasteiger partial charge in [-0.05, 0) is 83.5 Å². The number of hydrogen-bond acceptors (Lipinski definition) is 3. The molecule has 1 fully saturated rings. The molecule has 1 aliphatic carbocycles. The van der Waals surface area contributed by atoms with Gasteiger partial charge in [0.25, 0.3) is 0 Å². The van der Waals surface area contributed by atoms with E-state index in [1.54, 1.807) is 11.3 Å². The summed E-state index contributed by atoms with van der Waals surface area (Å²) >= 11 is 1.71. The van der Waals surface area contributed by atoms with Gasteiger partial charge in [0.2, 0.25) is 5.91 Å². The number of likely N-dealkylation sites (tertiary alicyclic amines) is 1. The zero-order chi connectivity index (χ0) is 28.0. The van der Waals surface area contributed by atoms with Gasteiger partial charge >= 0.3 is 0 Å². The maximum Gasteiger partial charge on any atom is 0.220 e. The van der Waals surface area contributed by atoms with E-state index in [0.717, 1.165) is 31.6 Å². The van der Waals surface area contributed by atoms with Crippen LogP contribution in [-0.4, -0.2) is 30.4 Å². The lowest BCUT2D eigenvalue weighted by molar-refractivity contribution is -0.121. The van der Waals surface area contributed by atoms with Crippen molar-refractivity contribution in [2.45, 2.75) is 37.6 Å². The summed E-state index contributed by atoms with van der Waals surface area (Å²) in [6, 6.07) is 31.6. The first-order valence-electron chi connectivity index (χ1n) is 13.9. The summed E-state index contributed by atoms with van der Waals surface area (Å²) < 4.78 is 0. The summed E-state index contributed by atoms with van der Waals surface area (Å²) in [5.74, 6) is 0.140. The van der Waals surface area contributed by atoms with E-state index < -0.39 is 0 Å². The number of nitrogens with zero attached hydrogens (tertiary/aromatic N) is 1. The zero-order valence-electron chi connectivity index (χ0n) is 23.0. The number of piperidine rings is 1. The normalized spacial score (nSPS) is 14.8. The topological polar surface area (TPSA) is 32.3 Å². The van der Waals surface area contributed by atoms with Crippen molar-refractivity contribution in [3.05, 3.63) is 125 Å². The number of amides is 1. The van der Waals surface area contributed by atoms with Gasteiger partial charge < -0.3 is 10.2 Å². The molecule has 1 N–H and O–H groups in total.